The minimum absolute atomic E-state index is 0.182. The minimum Gasteiger partial charge on any atom is -0.497 e. The van der Waals surface area contributed by atoms with Crippen molar-refractivity contribution in [1.82, 2.24) is 0 Å². The quantitative estimate of drug-likeness (QED) is 0.265. The molecule has 4 nitrogen and oxygen atoms in total. The maximum atomic E-state index is 14.0. The molecule has 0 aliphatic heterocycles. The van der Waals surface area contributed by atoms with Crippen LogP contribution < -0.4 is 9.64 Å². The van der Waals surface area contributed by atoms with Gasteiger partial charge in [-0.25, -0.2) is 0 Å². The highest BCUT2D eigenvalue weighted by Gasteiger charge is 2.24. The molecule has 4 aromatic carbocycles. The summed E-state index contributed by atoms with van der Waals surface area (Å²) in [6, 6.07) is 33.0. The van der Waals surface area contributed by atoms with Gasteiger partial charge in [0.2, 0.25) is 0 Å². The molecule has 0 fully saturated rings. The Morgan fingerprint density at radius 2 is 1.49 bits per heavy atom. The Kier molecular flexibility index (Phi) is 8.11. The van der Waals surface area contributed by atoms with Crippen molar-refractivity contribution in [2.24, 2.45) is 0 Å². The van der Waals surface area contributed by atoms with Crippen molar-refractivity contribution in [1.29, 1.82) is 0 Å². The van der Waals surface area contributed by atoms with Crippen LogP contribution in [0, 0.1) is 0 Å². The smallest absolute Gasteiger partial charge is 0.259 e. The van der Waals surface area contributed by atoms with E-state index in [1.807, 2.05) is 79.7 Å². The van der Waals surface area contributed by atoms with Crippen molar-refractivity contribution in [2.75, 3.05) is 17.8 Å². The van der Waals surface area contributed by atoms with E-state index >= 15 is 0 Å². The molecule has 0 aliphatic carbocycles. The Labute approximate surface area is 209 Å². The highest BCUT2D eigenvalue weighted by molar-refractivity contribution is 7.85. The van der Waals surface area contributed by atoms with Gasteiger partial charge < -0.3 is 9.64 Å². The molecule has 0 N–H and O–H groups in total. The summed E-state index contributed by atoms with van der Waals surface area (Å²) >= 11 is 0. The number of anilines is 1. The highest BCUT2D eigenvalue weighted by atomic mass is 32.2. The van der Waals surface area contributed by atoms with Gasteiger partial charge >= 0.3 is 0 Å². The van der Waals surface area contributed by atoms with Gasteiger partial charge in [-0.2, -0.15) is 0 Å². The molecule has 35 heavy (non-hydrogen) atoms. The third-order valence-electron chi connectivity index (χ3n) is 5.81. The number of hydrogen-bond acceptors (Lipinski definition) is 3. The molecule has 4 aromatic rings. The summed E-state index contributed by atoms with van der Waals surface area (Å²) in [6.45, 7) is 2.36. The van der Waals surface area contributed by atoms with Gasteiger partial charge in [-0.05, 0) is 59.5 Å². The number of carbonyl (C=O) groups is 1. The van der Waals surface area contributed by atoms with Crippen LogP contribution in [0.15, 0.2) is 108 Å². The van der Waals surface area contributed by atoms with Crippen LogP contribution in [0.2, 0.25) is 0 Å². The lowest BCUT2D eigenvalue weighted by molar-refractivity contribution is 0.0982. The number of methoxy groups -OCH3 is 1. The summed E-state index contributed by atoms with van der Waals surface area (Å²) in [7, 11) is 0.377. The van der Waals surface area contributed by atoms with Crippen molar-refractivity contribution >= 4 is 22.4 Å². The maximum absolute atomic E-state index is 14.0. The lowest BCUT2D eigenvalue weighted by Gasteiger charge is -2.25. The van der Waals surface area contributed by atoms with Gasteiger partial charge in [0.1, 0.15) is 5.75 Å². The number of amides is 1. The first-order valence-electron chi connectivity index (χ1n) is 11.7. The fraction of sp³-hybridized carbons (Fsp3) is 0.167. The van der Waals surface area contributed by atoms with E-state index in [1.54, 1.807) is 24.1 Å². The molecule has 178 valence electrons. The fourth-order valence-corrected chi connectivity index (χ4v) is 5.27. The van der Waals surface area contributed by atoms with Crippen molar-refractivity contribution in [3.63, 3.8) is 0 Å². The topological polar surface area (TPSA) is 46.6 Å². The Bertz CT molecular complexity index is 1300. The van der Waals surface area contributed by atoms with Crippen LogP contribution in [0.3, 0.4) is 0 Å². The molecule has 0 heterocycles. The van der Waals surface area contributed by atoms with Gasteiger partial charge in [0.15, 0.2) is 0 Å². The first-order chi connectivity index (χ1) is 17.1. The van der Waals surface area contributed by atoms with E-state index in [9.17, 15) is 9.00 Å². The van der Waals surface area contributed by atoms with Crippen molar-refractivity contribution < 1.29 is 13.7 Å². The first kappa shape index (κ1) is 24.4. The molecule has 0 bridgehead atoms. The second kappa shape index (κ2) is 11.6. The predicted molar refractivity (Wildman–Crippen MR) is 143 cm³/mol. The van der Waals surface area contributed by atoms with Crippen LogP contribution in [0.4, 0.5) is 5.69 Å². The van der Waals surface area contributed by atoms with Gasteiger partial charge in [0.05, 0.1) is 34.9 Å². The highest BCUT2D eigenvalue weighted by Crippen LogP contribution is 2.29. The molecule has 5 heteroatoms. The number of rotatable bonds is 9. The summed E-state index contributed by atoms with van der Waals surface area (Å²) < 4.78 is 18.3. The van der Waals surface area contributed by atoms with Crippen LogP contribution in [0.25, 0.3) is 11.1 Å². The number of carbonyl (C=O) groups excluding carboxylic acids is 1. The van der Waals surface area contributed by atoms with E-state index < -0.39 is 10.8 Å². The van der Waals surface area contributed by atoms with Gasteiger partial charge in [-0.3, -0.25) is 9.00 Å². The third kappa shape index (κ3) is 5.69. The van der Waals surface area contributed by atoms with E-state index in [4.69, 9.17) is 4.74 Å². The van der Waals surface area contributed by atoms with E-state index in [-0.39, 0.29) is 5.91 Å². The fourth-order valence-electron chi connectivity index (χ4n) is 4.05. The summed E-state index contributed by atoms with van der Waals surface area (Å²) in [5.41, 5.74) is 4.40. The number of ether oxygens (including phenoxy) is 1. The largest absolute Gasteiger partial charge is 0.497 e. The van der Waals surface area contributed by atoms with E-state index in [1.165, 1.54) is 0 Å². The van der Waals surface area contributed by atoms with Gasteiger partial charge in [-0.1, -0.05) is 73.7 Å². The second-order valence-corrected chi connectivity index (χ2v) is 9.70. The van der Waals surface area contributed by atoms with Crippen molar-refractivity contribution in [2.45, 2.75) is 24.8 Å². The van der Waals surface area contributed by atoms with Gasteiger partial charge in [0, 0.05) is 11.4 Å². The molecule has 0 aromatic heterocycles. The monoisotopic (exact) mass is 483 g/mol. The summed E-state index contributed by atoms with van der Waals surface area (Å²) in [4.78, 5) is 16.4. The van der Waals surface area contributed by atoms with Gasteiger partial charge in [-0.15, -0.1) is 0 Å². The zero-order valence-electron chi connectivity index (χ0n) is 20.0. The van der Waals surface area contributed by atoms with Gasteiger partial charge in [0.25, 0.3) is 5.91 Å². The Hall–Kier alpha value is -3.70. The average Bonchev–Trinajstić information content (AvgIpc) is 2.92. The molecule has 0 saturated carbocycles. The lowest BCUT2D eigenvalue weighted by Crippen LogP contribution is -2.31. The van der Waals surface area contributed by atoms with E-state index in [0.717, 1.165) is 34.5 Å². The van der Waals surface area contributed by atoms with Crippen LogP contribution in [0.1, 0.15) is 29.3 Å². The second-order valence-electron chi connectivity index (χ2n) is 8.16. The zero-order valence-corrected chi connectivity index (χ0v) is 20.8. The minimum atomic E-state index is -1.24. The molecule has 1 atom stereocenters. The normalized spacial score (nSPS) is 11.6. The predicted octanol–water partition coefficient (Wildman–Crippen LogP) is 6.73. The van der Waals surface area contributed by atoms with Crippen LogP contribution >= 0.6 is 0 Å². The molecular formula is C30H29NO3S. The first-order valence-corrected chi connectivity index (χ1v) is 13.0. The number of benzene rings is 4. The molecule has 0 aliphatic rings. The summed E-state index contributed by atoms with van der Waals surface area (Å²) in [5.74, 6) is 1.05. The zero-order chi connectivity index (χ0) is 24.6. The molecule has 4 rings (SSSR count). The maximum Gasteiger partial charge on any atom is 0.259 e. The third-order valence-corrected chi connectivity index (χ3v) is 7.44. The van der Waals surface area contributed by atoms with E-state index in [0.29, 0.717) is 22.8 Å². The summed E-state index contributed by atoms with van der Waals surface area (Å²) in [6.07, 6.45) is 0.780. The molecule has 1 unspecified atom stereocenters. The van der Waals surface area contributed by atoms with Crippen molar-refractivity contribution in [3.8, 4) is 16.9 Å². The molecule has 0 saturated heterocycles. The van der Waals surface area contributed by atoms with Crippen LogP contribution in [0.5, 0.6) is 5.75 Å². The van der Waals surface area contributed by atoms with Crippen LogP contribution in [-0.2, 0) is 17.3 Å². The molecule has 0 radical (unpaired) electrons. The Morgan fingerprint density at radius 1 is 0.829 bits per heavy atom. The lowest BCUT2D eigenvalue weighted by atomic mass is 9.99. The number of hydrogen-bond donors (Lipinski definition) is 0. The molecule has 0 spiro atoms. The Morgan fingerprint density at radius 3 is 2.20 bits per heavy atom. The standard InChI is InChI=1S/C30H29NO3S/c1-3-21-35(33)29-16-10-9-15-28(29)30(32)31(25-17-19-26(34-2)20-18-25)22-24-13-7-8-14-27(24)23-11-5-4-6-12-23/h4-20H,3,21-22H2,1-2H3. The molecule has 1 amide bonds. The Balaban J connectivity index is 1.79. The van der Waals surface area contributed by atoms with Crippen LogP contribution in [-0.4, -0.2) is 23.0 Å². The SMILES string of the molecule is CCCS(=O)c1ccccc1C(=O)N(Cc1ccccc1-c1ccccc1)c1ccc(OC)cc1. The number of nitrogens with zero attached hydrogens (tertiary/aromatic N) is 1. The summed E-state index contributed by atoms with van der Waals surface area (Å²) in [5, 5.41) is 0. The van der Waals surface area contributed by atoms with Crippen molar-refractivity contribution in [3.05, 3.63) is 114 Å². The van der Waals surface area contributed by atoms with E-state index in [2.05, 4.69) is 18.2 Å². The average molecular weight is 484 g/mol. The molecular weight excluding hydrogens is 454 g/mol.